The molecule has 2 N–H and O–H groups in total. The van der Waals surface area contributed by atoms with Crippen LogP contribution >= 0.6 is 0 Å². The number of benzene rings is 2. The number of nitrogens with one attached hydrogen (secondary N) is 2. The number of halogens is 1. The predicted molar refractivity (Wildman–Crippen MR) is 158 cm³/mol. The smallest absolute Gasteiger partial charge is 0.243 e. The van der Waals surface area contributed by atoms with Gasteiger partial charge in [-0.3, -0.25) is 4.79 Å². The Bertz CT molecular complexity index is 1820. The van der Waals surface area contributed by atoms with Crippen LogP contribution in [0.5, 0.6) is 11.5 Å². The molecule has 42 heavy (non-hydrogen) atoms. The fourth-order valence-electron chi connectivity index (χ4n) is 5.12. The largest absolute Gasteiger partial charge is 0.457 e. The molecular weight excluding hydrogens is 537 g/mol. The maximum Gasteiger partial charge on any atom is 0.243 e. The molecule has 0 bridgehead atoms. The van der Waals surface area contributed by atoms with Crippen molar-refractivity contribution < 1.29 is 13.9 Å². The van der Waals surface area contributed by atoms with Crippen LogP contribution in [0, 0.1) is 18.7 Å². The zero-order valence-electron chi connectivity index (χ0n) is 23.5. The third-order valence-electron chi connectivity index (χ3n) is 7.66. The lowest BCUT2D eigenvalue weighted by Gasteiger charge is -2.38. The van der Waals surface area contributed by atoms with Gasteiger partial charge in [0.25, 0.3) is 0 Å². The number of pyridine rings is 1. The minimum atomic E-state index is -0.471. The van der Waals surface area contributed by atoms with Crippen LogP contribution in [0.25, 0.3) is 22.1 Å². The lowest BCUT2D eigenvalue weighted by atomic mass is 9.93. The summed E-state index contributed by atoms with van der Waals surface area (Å²) in [6.45, 7) is 8.73. The summed E-state index contributed by atoms with van der Waals surface area (Å²) in [6.07, 6.45) is 3.59. The van der Waals surface area contributed by atoms with Crippen molar-refractivity contribution in [1.29, 1.82) is 0 Å². The molecule has 2 aromatic carbocycles. The minimum absolute atomic E-state index is 0.0355. The first-order valence-electron chi connectivity index (χ1n) is 13.6. The molecule has 5 aromatic rings. The number of aromatic nitrogens is 6. The van der Waals surface area contributed by atoms with Gasteiger partial charge in [-0.05, 0) is 61.7 Å². The number of carbonyl (C=O) groups excluding carboxylic acids is 1. The maximum atomic E-state index is 15.6. The van der Waals surface area contributed by atoms with E-state index in [9.17, 15) is 4.79 Å². The molecule has 6 rings (SSSR count). The number of piperidine rings is 1. The summed E-state index contributed by atoms with van der Waals surface area (Å²) >= 11 is 0. The summed E-state index contributed by atoms with van der Waals surface area (Å²) in [5.74, 6) is 1.67. The average Bonchev–Trinajstić information content (AvgIpc) is 3.37. The van der Waals surface area contributed by atoms with Crippen LogP contribution in [0.15, 0.2) is 61.4 Å². The van der Waals surface area contributed by atoms with Gasteiger partial charge in [0.15, 0.2) is 11.6 Å². The van der Waals surface area contributed by atoms with Crippen molar-refractivity contribution in [3.63, 3.8) is 0 Å². The molecule has 0 aliphatic carbocycles. The molecule has 11 nitrogen and oxygen atoms in total. The van der Waals surface area contributed by atoms with Crippen LogP contribution in [0.4, 0.5) is 21.7 Å². The molecule has 1 amide bonds. The highest BCUT2D eigenvalue weighted by Gasteiger charge is 2.28. The van der Waals surface area contributed by atoms with E-state index in [4.69, 9.17) is 9.72 Å². The number of hydrogen-bond donors (Lipinski definition) is 2. The molecule has 1 aliphatic heterocycles. The third kappa shape index (κ3) is 5.18. The number of carbonyl (C=O) groups is 1. The van der Waals surface area contributed by atoms with Gasteiger partial charge in [-0.15, -0.1) is 5.10 Å². The van der Waals surface area contributed by atoms with E-state index in [0.717, 1.165) is 24.3 Å². The fraction of sp³-hybridized carbons (Fsp3) is 0.267. The summed E-state index contributed by atoms with van der Waals surface area (Å²) in [6, 6.07) is 12.5. The number of nitrogens with zero attached hydrogens (tertiary/aromatic N) is 7. The second-order valence-corrected chi connectivity index (χ2v) is 10.4. The minimum Gasteiger partial charge on any atom is -0.457 e. The number of hydrogen-bond acceptors (Lipinski definition) is 9. The van der Waals surface area contributed by atoms with E-state index in [1.54, 1.807) is 35.9 Å². The van der Waals surface area contributed by atoms with Gasteiger partial charge < -0.3 is 20.3 Å². The van der Waals surface area contributed by atoms with Crippen molar-refractivity contribution in [2.24, 2.45) is 13.0 Å². The van der Waals surface area contributed by atoms with E-state index in [2.05, 4.69) is 49.3 Å². The van der Waals surface area contributed by atoms with Crippen molar-refractivity contribution in [3.05, 3.63) is 72.8 Å². The van der Waals surface area contributed by atoms with Gasteiger partial charge in [-0.1, -0.05) is 18.7 Å². The van der Waals surface area contributed by atoms with Crippen LogP contribution in [0.2, 0.25) is 0 Å². The highest BCUT2D eigenvalue weighted by molar-refractivity contribution is 5.89. The fourth-order valence-corrected chi connectivity index (χ4v) is 5.12. The second-order valence-electron chi connectivity index (χ2n) is 10.4. The number of amides is 1. The Morgan fingerprint density at radius 3 is 2.86 bits per heavy atom. The maximum absolute atomic E-state index is 15.6. The second kappa shape index (κ2) is 11.0. The Balaban J connectivity index is 1.25. The van der Waals surface area contributed by atoms with E-state index in [0.29, 0.717) is 51.9 Å². The summed E-state index contributed by atoms with van der Waals surface area (Å²) in [5, 5.41) is 14.2. The lowest BCUT2D eigenvalue weighted by molar-refractivity contribution is -0.117. The van der Waals surface area contributed by atoms with Gasteiger partial charge in [-0.25, -0.2) is 24.0 Å². The molecule has 2 atom stereocenters. The zero-order chi connectivity index (χ0) is 29.4. The van der Waals surface area contributed by atoms with Crippen LogP contribution in [0.3, 0.4) is 0 Å². The summed E-state index contributed by atoms with van der Waals surface area (Å²) in [7, 11) is 1.81. The van der Waals surface area contributed by atoms with Crippen LogP contribution in [-0.4, -0.2) is 55.0 Å². The molecular formula is C30H30FN9O2. The molecule has 0 unspecified atom stereocenters. The molecule has 214 valence electrons. The van der Waals surface area contributed by atoms with Crippen molar-refractivity contribution in [3.8, 4) is 11.5 Å². The number of aryl methyl sites for hydroxylation is 1. The quantitative estimate of drug-likeness (QED) is 0.267. The predicted octanol–water partition coefficient (Wildman–Crippen LogP) is 4.81. The zero-order valence-corrected chi connectivity index (χ0v) is 23.5. The van der Waals surface area contributed by atoms with Crippen molar-refractivity contribution >= 4 is 45.3 Å². The number of fused-ring (bicyclic) bond motifs is 2. The molecule has 1 saturated heterocycles. The molecule has 0 saturated carbocycles. The van der Waals surface area contributed by atoms with E-state index >= 15 is 4.39 Å². The standard InChI is InChI=1S/C30H30FN9O2/c1-5-27(41)34-23-15-40(13-12-17(23)2)26-11-8-21-29(36-26)30(33-16-32-21)35-20-7-10-25(18(3)28(20)31)42-19-6-9-24-22(14-19)37-38-39(24)4/h5-11,14,16-17,23H,1,12-13,15H2,2-4H3,(H,34,41)(H,32,33,35)/t17-,23-/m0/s1. The van der Waals surface area contributed by atoms with Crippen molar-refractivity contribution in [1.82, 2.24) is 35.3 Å². The van der Waals surface area contributed by atoms with Crippen LogP contribution in [0.1, 0.15) is 18.9 Å². The van der Waals surface area contributed by atoms with E-state index in [1.807, 2.05) is 25.2 Å². The molecule has 4 heterocycles. The Hall–Kier alpha value is -5.13. The first-order valence-corrected chi connectivity index (χ1v) is 13.6. The van der Waals surface area contributed by atoms with Crippen molar-refractivity contribution in [2.45, 2.75) is 26.3 Å². The molecule has 1 aliphatic rings. The normalized spacial score (nSPS) is 16.9. The van der Waals surface area contributed by atoms with Crippen LogP contribution in [-0.2, 0) is 11.8 Å². The van der Waals surface area contributed by atoms with Crippen molar-refractivity contribution in [2.75, 3.05) is 23.3 Å². The Morgan fingerprint density at radius 2 is 2.02 bits per heavy atom. The van der Waals surface area contributed by atoms with Gasteiger partial charge in [0.1, 0.15) is 34.7 Å². The van der Waals surface area contributed by atoms with Gasteiger partial charge in [0.05, 0.1) is 16.7 Å². The number of anilines is 3. The summed E-state index contributed by atoms with van der Waals surface area (Å²) in [4.78, 5) is 27.6. The monoisotopic (exact) mass is 567 g/mol. The Morgan fingerprint density at radius 1 is 1.17 bits per heavy atom. The molecule has 1 fully saturated rings. The van der Waals surface area contributed by atoms with Gasteiger partial charge in [0, 0.05) is 37.8 Å². The first kappa shape index (κ1) is 27.1. The average molecular weight is 568 g/mol. The Kier molecular flexibility index (Phi) is 7.11. The topological polar surface area (TPSA) is 123 Å². The third-order valence-corrected chi connectivity index (χ3v) is 7.66. The summed E-state index contributed by atoms with van der Waals surface area (Å²) in [5.41, 5.74) is 3.25. The molecule has 0 spiro atoms. The highest BCUT2D eigenvalue weighted by atomic mass is 19.1. The molecule has 0 radical (unpaired) electrons. The van der Waals surface area contributed by atoms with Gasteiger partial charge in [0.2, 0.25) is 5.91 Å². The first-order chi connectivity index (χ1) is 20.3. The van der Waals surface area contributed by atoms with E-state index in [-0.39, 0.29) is 17.6 Å². The van der Waals surface area contributed by atoms with E-state index in [1.165, 1.54) is 12.4 Å². The molecule has 3 aromatic heterocycles. The Labute approximate surface area is 241 Å². The number of rotatable bonds is 7. The van der Waals surface area contributed by atoms with Gasteiger partial charge >= 0.3 is 0 Å². The lowest BCUT2D eigenvalue weighted by Crippen LogP contribution is -2.51. The van der Waals surface area contributed by atoms with Crippen LogP contribution < -0.4 is 20.3 Å². The summed E-state index contributed by atoms with van der Waals surface area (Å²) < 4.78 is 23.3. The van der Waals surface area contributed by atoms with E-state index < -0.39 is 5.82 Å². The highest BCUT2D eigenvalue weighted by Crippen LogP contribution is 2.34. The SMILES string of the molecule is C=CC(=O)N[C@H]1CN(c2ccc3ncnc(Nc4ccc(Oc5ccc6c(c5)nnn6C)c(C)c4F)c3n2)CC[C@@H]1C. The number of ether oxygens (including phenoxy) is 1. The molecule has 12 heteroatoms. The van der Waals surface area contributed by atoms with Gasteiger partial charge in [-0.2, -0.15) is 0 Å².